The van der Waals surface area contributed by atoms with Gasteiger partial charge in [0.15, 0.2) is 18.1 Å². The molecule has 0 radical (unpaired) electrons. The van der Waals surface area contributed by atoms with Gasteiger partial charge in [-0.2, -0.15) is 0 Å². The lowest BCUT2D eigenvalue weighted by molar-refractivity contribution is -0.124. The van der Waals surface area contributed by atoms with Crippen molar-refractivity contribution in [2.24, 2.45) is 0 Å². The van der Waals surface area contributed by atoms with Crippen molar-refractivity contribution in [3.8, 4) is 11.5 Å². The molecule has 0 saturated carbocycles. The molecule has 7 nitrogen and oxygen atoms in total. The zero-order valence-corrected chi connectivity index (χ0v) is 14.9. The molecule has 3 aromatic rings. The summed E-state index contributed by atoms with van der Waals surface area (Å²) in [4.78, 5) is 24.5. The highest BCUT2D eigenvalue weighted by atomic mass is 16.7. The van der Waals surface area contributed by atoms with Crippen LogP contribution in [0.3, 0.4) is 0 Å². The summed E-state index contributed by atoms with van der Waals surface area (Å²) in [5.41, 5.74) is 7.66. The number of nitrogens with two attached hydrogens (primary N) is 1. The Morgan fingerprint density at radius 1 is 1.04 bits per heavy atom. The minimum Gasteiger partial charge on any atom is -0.454 e. The number of benzene rings is 3. The van der Waals surface area contributed by atoms with E-state index in [2.05, 4.69) is 5.32 Å². The van der Waals surface area contributed by atoms with Crippen molar-refractivity contribution in [2.45, 2.75) is 6.54 Å². The van der Waals surface area contributed by atoms with Gasteiger partial charge < -0.3 is 25.3 Å². The van der Waals surface area contributed by atoms with E-state index in [0.717, 1.165) is 10.9 Å². The number of carbonyl (C=O) groups is 2. The zero-order chi connectivity index (χ0) is 19.5. The van der Waals surface area contributed by atoms with Gasteiger partial charge in [-0.05, 0) is 35.2 Å². The van der Waals surface area contributed by atoms with E-state index in [1.165, 1.54) is 0 Å². The maximum absolute atomic E-state index is 12.4. The van der Waals surface area contributed by atoms with Crippen LogP contribution in [-0.4, -0.2) is 25.3 Å². The molecular weight excluding hydrogens is 360 g/mol. The quantitative estimate of drug-likeness (QED) is 0.523. The zero-order valence-electron chi connectivity index (χ0n) is 14.9. The van der Waals surface area contributed by atoms with Gasteiger partial charge in [-0.3, -0.25) is 4.79 Å². The van der Waals surface area contributed by atoms with Crippen LogP contribution in [0.5, 0.6) is 11.5 Å². The summed E-state index contributed by atoms with van der Waals surface area (Å²) < 4.78 is 15.7. The van der Waals surface area contributed by atoms with Gasteiger partial charge in [0.2, 0.25) is 6.79 Å². The van der Waals surface area contributed by atoms with Crippen LogP contribution in [0.2, 0.25) is 0 Å². The van der Waals surface area contributed by atoms with Crippen molar-refractivity contribution in [1.82, 2.24) is 5.32 Å². The second kappa shape index (κ2) is 7.48. The molecule has 142 valence electrons. The van der Waals surface area contributed by atoms with Crippen molar-refractivity contribution in [2.75, 3.05) is 19.1 Å². The number of rotatable bonds is 5. The van der Waals surface area contributed by atoms with Crippen LogP contribution in [0.4, 0.5) is 5.69 Å². The number of ether oxygens (including phenoxy) is 3. The van der Waals surface area contributed by atoms with Crippen molar-refractivity contribution >= 4 is 28.3 Å². The third kappa shape index (κ3) is 3.55. The maximum atomic E-state index is 12.4. The highest BCUT2D eigenvalue weighted by Gasteiger charge is 2.16. The van der Waals surface area contributed by atoms with E-state index in [4.69, 9.17) is 19.9 Å². The topological polar surface area (TPSA) is 99.9 Å². The van der Waals surface area contributed by atoms with Crippen LogP contribution in [0.25, 0.3) is 10.8 Å². The largest absolute Gasteiger partial charge is 0.454 e. The Morgan fingerprint density at radius 2 is 1.82 bits per heavy atom. The summed E-state index contributed by atoms with van der Waals surface area (Å²) in [7, 11) is 0. The fourth-order valence-electron chi connectivity index (χ4n) is 3.05. The van der Waals surface area contributed by atoms with E-state index >= 15 is 0 Å². The lowest BCUT2D eigenvalue weighted by Gasteiger charge is -2.10. The first kappa shape index (κ1) is 17.7. The first-order valence-electron chi connectivity index (χ1n) is 8.71. The Hall–Kier alpha value is -3.74. The monoisotopic (exact) mass is 378 g/mol. The lowest BCUT2D eigenvalue weighted by Crippen LogP contribution is -2.28. The van der Waals surface area contributed by atoms with E-state index in [1.54, 1.807) is 30.3 Å². The molecule has 7 heteroatoms. The molecule has 0 unspecified atom stereocenters. The number of fused-ring (bicyclic) bond motifs is 2. The van der Waals surface area contributed by atoms with E-state index in [9.17, 15) is 9.59 Å². The van der Waals surface area contributed by atoms with Gasteiger partial charge in [0.1, 0.15) is 0 Å². The normalized spacial score (nSPS) is 12.0. The molecule has 1 aliphatic rings. The number of esters is 1. The van der Waals surface area contributed by atoms with E-state index in [0.29, 0.717) is 28.1 Å². The summed E-state index contributed by atoms with van der Waals surface area (Å²) >= 11 is 0. The standard InChI is InChI=1S/C21H18N2O5/c22-16-6-2-4-14-3-1-5-15(20(14)16)21(25)26-11-19(24)23-10-13-7-8-17-18(9-13)28-12-27-17/h1-9H,10-12,22H2,(H,23,24). The average molecular weight is 378 g/mol. The Labute approximate surface area is 161 Å². The molecule has 0 bridgehead atoms. The molecule has 0 aliphatic carbocycles. The second-order valence-corrected chi connectivity index (χ2v) is 6.29. The number of anilines is 1. The summed E-state index contributed by atoms with van der Waals surface area (Å²) in [6, 6.07) is 16.1. The first-order valence-corrected chi connectivity index (χ1v) is 8.71. The van der Waals surface area contributed by atoms with Gasteiger partial charge >= 0.3 is 5.97 Å². The fraction of sp³-hybridized carbons (Fsp3) is 0.143. The fourth-order valence-corrected chi connectivity index (χ4v) is 3.05. The highest BCUT2D eigenvalue weighted by Crippen LogP contribution is 2.32. The first-order chi connectivity index (χ1) is 13.6. The molecule has 1 heterocycles. The predicted octanol–water partition coefficient (Wildman–Crippen LogP) is 2.62. The van der Waals surface area contributed by atoms with Gasteiger partial charge in [0, 0.05) is 17.6 Å². The van der Waals surface area contributed by atoms with Crippen molar-refractivity contribution in [1.29, 1.82) is 0 Å². The molecule has 3 N–H and O–H groups in total. The molecule has 1 aliphatic heterocycles. The number of amides is 1. The Morgan fingerprint density at radius 3 is 2.68 bits per heavy atom. The molecule has 0 atom stereocenters. The van der Waals surface area contributed by atoms with Crippen molar-refractivity contribution in [3.63, 3.8) is 0 Å². The number of hydrogen-bond donors (Lipinski definition) is 2. The SMILES string of the molecule is Nc1cccc2cccc(C(=O)OCC(=O)NCc3ccc4c(c3)OCO4)c12. The molecule has 4 rings (SSSR count). The van der Waals surface area contributed by atoms with Crippen molar-refractivity contribution < 1.29 is 23.8 Å². The lowest BCUT2D eigenvalue weighted by atomic mass is 10.0. The Bertz CT molecular complexity index is 1060. The molecule has 3 aromatic carbocycles. The second-order valence-electron chi connectivity index (χ2n) is 6.29. The van der Waals surface area contributed by atoms with Crippen LogP contribution in [0.15, 0.2) is 54.6 Å². The summed E-state index contributed by atoms with van der Waals surface area (Å²) in [5, 5.41) is 4.16. The van der Waals surface area contributed by atoms with E-state index in [1.807, 2.05) is 24.3 Å². The Balaban J connectivity index is 1.35. The summed E-state index contributed by atoms with van der Waals surface area (Å²) in [5.74, 6) is 0.325. The van der Waals surface area contributed by atoms with E-state index < -0.39 is 11.9 Å². The third-order valence-corrected chi connectivity index (χ3v) is 4.42. The van der Waals surface area contributed by atoms with Crippen LogP contribution >= 0.6 is 0 Å². The molecule has 1 amide bonds. The van der Waals surface area contributed by atoms with Gasteiger partial charge in [0.05, 0.1) is 5.56 Å². The van der Waals surface area contributed by atoms with Gasteiger partial charge in [0.25, 0.3) is 5.91 Å². The number of carbonyl (C=O) groups excluding carboxylic acids is 2. The van der Waals surface area contributed by atoms with Crippen LogP contribution in [0.1, 0.15) is 15.9 Å². The van der Waals surface area contributed by atoms with Crippen LogP contribution in [0, 0.1) is 0 Å². The predicted molar refractivity (Wildman–Crippen MR) is 103 cm³/mol. The maximum Gasteiger partial charge on any atom is 0.339 e. The highest BCUT2D eigenvalue weighted by molar-refractivity contribution is 6.09. The molecule has 0 aromatic heterocycles. The number of nitrogen functional groups attached to an aromatic ring is 1. The van der Waals surface area contributed by atoms with Crippen molar-refractivity contribution in [3.05, 3.63) is 65.7 Å². The number of hydrogen-bond acceptors (Lipinski definition) is 6. The third-order valence-electron chi connectivity index (χ3n) is 4.42. The smallest absolute Gasteiger partial charge is 0.339 e. The summed E-state index contributed by atoms with van der Waals surface area (Å²) in [6.45, 7) is 0.0977. The molecule has 0 fully saturated rings. The minimum atomic E-state index is -0.596. The number of nitrogens with one attached hydrogen (secondary N) is 1. The Kier molecular flexibility index (Phi) is 4.72. The average Bonchev–Trinajstić information content (AvgIpc) is 3.18. The van der Waals surface area contributed by atoms with Crippen LogP contribution < -0.4 is 20.5 Å². The summed E-state index contributed by atoms with van der Waals surface area (Å²) in [6.07, 6.45) is 0. The van der Waals surface area contributed by atoms with Gasteiger partial charge in [-0.25, -0.2) is 4.79 Å². The minimum absolute atomic E-state index is 0.194. The molecule has 0 spiro atoms. The molecule has 28 heavy (non-hydrogen) atoms. The van der Waals surface area contributed by atoms with Gasteiger partial charge in [-0.15, -0.1) is 0 Å². The molecule has 0 saturated heterocycles. The van der Waals surface area contributed by atoms with Gasteiger partial charge in [-0.1, -0.05) is 30.3 Å². The van der Waals surface area contributed by atoms with Crippen LogP contribution in [-0.2, 0) is 16.1 Å². The molecular formula is C21H18N2O5. The van der Waals surface area contributed by atoms with E-state index in [-0.39, 0.29) is 19.9 Å².